The average Bonchev–Trinajstić information content (AvgIpc) is 3.10. The molecule has 0 atom stereocenters. The number of thioether (sulfide) groups is 1. The van der Waals surface area contributed by atoms with E-state index in [0.717, 1.165) is 23.6 Å². The third kappa shape index (κ3) is 3.86. The van der Waals surface area contributed by atoms with Crippen LogP contribution in [-0.4, -0.2) is 48.2 Å². The summed E-state index contributed by atoms with van der Waals surface area (Å²) in [6.07, 6.45) is 1.25. The first-order valence-electron chi connectivity index (χ1n) is 7.40. The summed E-state index contributed by atoms with van der Waals surface area (Å²) < 4.78 is 52.5. The highest BCUT2D eigenvalue weighted by Crippen LogP contribution is 2.21. The molecule has 1 aliphatic heterocycles. The minimum absolute atomic E-state index is 0.00478. The van der Waals surface area contributed by atoms with E-state index >= 15 is 0 Å². The van der Waals surface area contributed by atoms with E-state index in [1.807, 2.05) is 0 Å². The maximum atomic E-state index is 13.2. The van der Waals surface area contributed by atoms with Crippen molar-refractivity contribution >= 4 is 33.4 Å². The highest BCUT2D eigenvalue weighted by molar-refractivity contribution is 7.99. The number of rotatable bonds is 4. The van der Waals surface area contributed by atoms with Crippen molar-refractivity contribution in [2.75, 3.05) is 29.9 Å². The van der Waals surface area contributed by atoms with Crippen LogP contribution in [0, 0.1) is 11.6 Å². The van der Waals surface area contributed by atoms with E-state index in [4.69, 9.17) is 0 Å². The summed E-state index contributed by atoms with van der Waals surface area (Å²) >= 11 is 1.69. The fourth-order valence-corrected chi connectivity index (χ4v) is 4.93. The molecule has 1 aliphatic rings. The molecule has 0 aliphatic carbocycles. The number of sulfonamides is 1. The van der Waals surface area contributed by atoms with Gasteiger partial charge in [0.05, 0.1) is 0 Å². The molecule has 134 valence electrons. The van der Waals surface area contributed by atoms with Gasteiger partial charge in [-0.05, 0) is 18.2 Å². The van der Waals surface area contributed by atoms with Crippen molar-refractivity contribution in [1.82, 2.24) is 9.29 Å². The molecule has 0 bridgehead atoms. The number of hydrogen-bond donors (Lipinski definition) is 2. The van der Waals surface area contributed by atoms with E-state index in [2.05, 4.69) is 10.3 Å². The Labute approximate surface area is 147 Å². The Kier molecular flexibility index (Phi) is 5.11. The Morgan fingerprint density at radius 3 is 2.56 bits per heavy atom. The van der Waals surface area contributed by atoms with Gasteiger partial charge in [0.15, 0.2) is 11.6 Å². The van der Waals surface area contributed by atoms with E-state index in [1.54, 1.807) is 11.8 Å². The van der Waals surface area contributed by atoms with Crippen LogP contribution in [0.1, 0.15) is 10.5 Å². The van der Waals surface area contributed by atoms with Crippen LogP contribution in [0.5, 0.6) is 0 Å². The lowest BCUT2D eigenvalue weighted by Crippen LogP contribution is -2.37. The SMILES string of the molecule is O=C(Nc1ccc(F)c(F)c1)c1cc(S(=O)(=O)N2CCSCC2)c[nH]1. The predicted octanol–water partition coefficient (Wildman–Crippen LogP) is 2.28. The zero-order chi connectivity index (χ0) is 18.0. The van der Waals surface area contributed by atoms with Gasteiger partial charge in [0, 0.05) is 42.5 Å². The monoisotopic (exact) mass is 387 g/mol. The van der Waals surface area contributed by atoms with Crippen LogP contribution in [0.3, 0.4) is 0 Å². The number of nitrogens with zero attached hydrogens (tertiary/aromatic N) is 1. The highest BCUT2D eigenvalue weighted by atomic mass is 32.2. The van der Waals surface area contributed by atoms with Gasteiger partial charge in [0.2, 0.25) is 10.0 Å². The first-order valence-corrected chi connectivity index (χ1v) is 10.00. The lowest BCUT2D eigenvalue weighted by atomic mass is 10.3. The van der Waals surface area contributed by atoms with Crippen LogP contribution in [0.25, 0.3) is 0 Å². The van der Waals surface area contributed by atoms with Crippen molar-refractivity contribution in [2.45, 2.75) is 4.90 Å². The zero-order valence-corrected chi connectivity index (χ0v) is 14.6. The van der Waals surface area contributed by atoms with Gasteiger partial charge in [-0.1, -0.05) is 0 Å². The Morgan fingerprint density at radius 1 is 1.16 bits per heavy atom. The first-order chi connectivity index (χ1) is 11.9. The summed E-state index contributed by atoms with van der Waals surface area (Å²) in [6, 6.07) is 4.18. The molecule has 25 heavy (non-hydrogen) atoms. The Bertz CT molecular complexity index is 893. The fraction of sp³-hybridized carbons (Fsp3) is 0.267. The van der Waals surface area contributed by atoms with Crippen LogP contribution in [0.15, 0.2) is 35.4 Å². The molecule has 6 nitrogen and oxygen atoms in total. The second-order valence-corrected chi connectivity index (χ2v) is 8.51. The van der Waals surface area contributed by atoms with Gasteiger partial charge in [-0.25, -0.2) is 17.2 Å². The summed E-state index contributed by atoms with van der Waals surface area (Å²) in [5, 5.41) is 2.38. The number of carbonyl (C=O) groups excluding carboxylic acids is 1. The minimum atomic E-state index is -3.66. The smallest absolute Gasteiger partial charge is 0.272 e. The van der Waals surface area contributed by atoms with Crippen molar-refractivity contribution in [3.05, 3.63) is 47.8 Å². The van der Waals surface area contributed by atoms with E-state index in [-0.39, 0.29) is 16.3 Å². The Hall–Kier alpha value is -1.91. The molecule has 2 aromatic rings. The molecule has 1 amide bonds. The van der Waals surface area contributed by atoms with Crippen LogP contribution in [-0.2, 0) is 10.0 Å². The molecule has 1 saturated heterocycles. The third-order valence-electron chi connectivity index (χ3n) is 3.69. The van der Waals surface area contributed by atoms with Gasteiger partial charge in [-0.3, -0.25) is 4.79 Å². The number of hydrogen-bond acceptors (Lipinski definition) is 4. The number of H-pyrrole nitrogens is 1. The summed E-state index contributed by atoms with van der Waals surface area (Å²) in [5.41, 5.74) is 0.0747. The molecular weight excluding hydrogens is 372 g/mol. The molecule has 2 heterocycles. The predicted molar refractivity (Wildman–Crippen MR) is 91.2 cm³/mol. The number of aromatic amines is 1. The molecule has 10 heteroatoms. The van der Waals surface area contributed by atoms with Gasteiger partial charge in [-0.15, -0.1) is 0 Å². The maximum Gasteiger partial charge on any atom is 0.272 e. The van der Waals surface area contributed by atoms with Gasteiger partial charge < -0.3 is 10.3 Å². The fourth-order valence-electron chi connectivity index (χ4n) is 2.36. The number of anilines is 1. The first kappa shape index (κ1) is 17.9. The van der Waals surface area contributed by atoms with Crippen molar-refractivity contribution < 1.29 is 22.0 Å². The van der Waals surface area contributed by atoms with Gasteiger partial charge in [0.1, 0.15) is 10.6 Å². The van der Waals surface area contributed by atoms with Crippen LogP contribution in [0.2, 0.25) is 0 Å². The average molecular weight is 387 g/mol. The van der Waals surface area contributed by atoms with E-state index < -0.39 is 27.6 Å². The second-order valence-electron chi connectivity index (χ2n) is 5.35. The van der Waals surface area contributed by atoms with Crippen molar-refractivity contribution in [3.8, 4) is 0 Å². The molecule has 3 rings (SSSR count). The number of carbonyl (C=O) groups is 1. The van der Waals surface area contributed by atoms with Gasteiger partial charge in [-0.2, -0.15) is 16.1 Å². The number of aromatic nitrogens is 1. The molecule has 0 radical (unpaired) electrons. The molecule has 0 saturated carbocycles. The van der Waals surface area contributed by atoms with Gasteiger partial charge >= 0.3 is 0 Å². The van der Waals surface area contributed by atoms with Crippen molar-refractivity contribution in [3.63, 3.8) is 0 Å². The van der Waals surface area contributed by atoms with E-state index in [9.17, 15) is 22.0 Å². The highest BCUT2D eigenvalue weighted by Gasteiger charge is 2.27. The lowest BCUT2D eigenvalue weighted by Gasteiger charge is -2.24. The lowest BCUT2D eigenvalue weighted by molar-refractivity contribution is 0.102. The van der Waals surface area contributed by atoms with Crippen molar-refractivity contribution in [2.24, 2.45) is 0 Å². The number of benzene rings is 1. The van der Waals surface area contributed by atoms with Crippen molar-refractivity contribution in [1.29, 1.82) is 0 Å². The molecule has 1 fully saturated rings. The Morgan fingerprint density at radius 2 is 1.88 bits per heavy atom. The minimum Gasteiger partial charge on any atom is -0.356 e. The molecular formula is C15H15F2N3O3S2. The summed E-state index contributed by atoms with van der Waals surface area (Å²) in [5.74, 6) is -1.30. The molecule has 1 aromatic carbocycles. The quantitative estimate of drug-likeness (QED) is 0.843. The standard InChI is InChI=1S/C15H15F2N3O3S2/c16-12-2-1-10(7-13(12)17)19-15(21)14-8-11(9-18-14)25(22,23)20-3-5-24-6-4-20/h1-2,7-9,18H,3-6H2,(H,19,21). The number of nitrogens with one attached hydrogen (secondary N) is 2. The van der Waals surface area contributed by atoms with E-state index in [1.165, 1.54) is 22.6 Å². The van der Waals surface area contributed by atoms with Gasteiger partial charge in [0.25, 0.3) is 5.91 Å². The maximum absolute atomic E-state index is 13.2. The molecule has 0 spiro atoms. The van der Waals surface area contributed by atoms with E-state index in [0.29, 0.717) is 13.1 Å². The molecule has 0 unspecified atom stereocenters. The number of amides is 1. The largest absolute Gasteiger partial charge is 0.356 e. The normalized spacial score (nSPS) is 15.9. The van der Waals surface area contributed by atoms with Crippen LogP contribution >= 0.6 is 11.8 Å². The summed E-state index contributed by atoms with van der Waals surface area (Å²) in [6.45, 7) is 0.850. The molecule has 2 N–H and O–H groups in total. The second kappa shape index (κ2) is 7.14. The topological polar surface area (TPSA) is 82.3 Å². The zero-order valence-electron chi connectivity index (χ0n) is 13.0. The van der Waals surface area contributed by atoms with Crippen LogP contribution in [0.4, 0.5) is 14.5 Å². The summed E-state index contributed by atoms with van der Waals surface area (Å²) in [7, 11) is -3.66. The van der Waals surface area contributed by atoms with Crippen LogP contribution < -0.4 is 5.32 Å². The summed E-state index contributed by atoms with van der Waals surface area (Å²) in [4.78, 5) is 14.8. The third-order valence-corrected chi connectivity index (χ3v) is 6.51. The molecule has 1 aromatic heterocycles. The Balaban J connectivity index is 1.76. The number of halogens is 2.